The second-order valence-corrected chi connectivity index (χ2v) is 3.88. The molecule has 1 rings (SSSR count). The molecule has 3 N–H and O–H groups in total. The minimum absolute atomic E-state index is 0.389. The summed E-state index contributed by atoms with van der Waals surface area (Å²) in [7, 11) is 3.19. The second-order valence-electron chi connectivity index (χ2n) is 3.88. The lowest BCUT2D eigenvalue weighted by atomic mass is 10.3. The van der Waals surface area contributed by atoms with Crippen LogP contribution in [0.5, 0.6) is 5.88 Å². The molecule has 0 saturated carbocycles. The van der Waals surface area contributed by atoms with Crippen molar-refractivity contribution in [2.45, 2.75) is 12.8 Å². The number of nitrogens with two attached hydrogens (primary N) is 1. The minimum atomic E-state index is 0.389. The highest BCUT2D eigenvalue weighted by molar-refractivity contribution is 5.66. The molecule has 1 heterocycles. The summed E-state index contributed by atoms with van der Waals surface area (Å²) in [6, 6.07) is 0. The first-order chi connectivity index (χ1) is 9.29. The van der Waals surface area contributed by atoms with E-state index in [4.69, 9.17) is 19.9 Å². The number of rotatable bonds is 10. The number of nitrogens with one attached hydrogen (secondary N) is 1. The van der Waals surface area contributed by atoms with Gasteiger partial charge in [0.25, 0.3) is 0 Å². The first-order valence-electron chi connectivity index (χ1n) is 6.24. The first kappa shape index (κ1) is 15.5. The zero-order chi connectivity index (χ0) is 13.9. The van der Waals surface area contributed by atoms with Gasteiger partial charge in [-0.15, -0.1) is 0 Å². The van der Waals surface area contributed by atoms with Gasteiger partial charge in [0.1, 0.15) is 12.0 Å². The molecule has 0 saturated heterocycles. The lowest BCUT2D eigenvalue weighted by Crippen LogP contribution is -2.09. The Balaban J connectivity index is 2.16. The number of unbranched alkanes of at least 4 members (excludes halogenated alkanes) is 1. The van der Waals surface area contributed by atoms with Crippen molar-refractivity contribution in [3.8, 4) is 5.88 Å². The predicted molar refractivity (Wildman–Crippen MR) is 73.4 cm³/mol. The van der Waals surface area contributed by atoms with E-state index in [0.717, 1.165) is 26.0 Å². The van der Waals surface area contributed by atoms with E-state index in [1.807, 2.05) is 0 Å². The summed E-state index contributed by atoms with van der Waals surface area (Å²) in [6.45, 7) is 2.78. The van der Waals surface area contributed by atoms with Gasteiger partial charge in [-0.25, -0.2) is 4.98 Å². The molecule has 0 aliphatic carbocycles. The average Bonchev–Trinajstić information content (AvgIpc) is 2.43. The van der Waals surface area contributed by atoms with Crippen LogP contribution in [0, 0.1) is 0 Å². The monoisotopic (exact) mass is 270 g/mol. The number of methoxy groups -OCH3 is 2. The van der Waals surface area contributed by atoms with Crippen LogP contribution in [0.4, 0.5) is 11.5 Å². The van der Waals surface area contributed by atoms with Crippen molar-refractivity contribution in [3.63, 3.8) is 0 Å². The van der Waals surface area contributed by atoms with Gasteiger partial charge in [0, 0.05) is 20.3 Å². The summed E-state index contributed by atoms with van der Waals surface area (Å²) in [6.07, 6.45) is 3.36. The SMILES string of the molecule is COCCOCCCCNc1ncnc(OC)c1N. The molecule has 7 heteroatoms. The van der Waals surface area contributed by atoms with Gasteiger partial charge in [-0.3, -0.25) is 0 Å². The van der Waals surface area contributed by atoms with Gasteiger partial charge in [-0.1, -0.05) is 0 Å². The van der Waals surface area contributed by atoms with Crippen LogP contribution in [-0.4, -0.2) is 50.6 Å². The normalized spacial score (nSPS) is 10.4. The van der Waals surface area contributed by atoms with E-state index in [2.05, 4.69) is 15.3 Å². The largest absolute Gasteiger partial charge is 0.479 e. The highest BCUT2D eigenvalue weighted by atomic mass is 16.5. The fourth-order valence-corrected chi connectivity index (χ4v) is 1.46. The molecule has 19 heavy (non-hydrogen) atoms. The quantitative estimate of drug-likeness (QED) is 0.611. The Hall–Kier alpha value is -1.60. The lowest BCUT2D eigenvalue weighted by molar-refractivity contribution is 0.0691. The molecule has 0 spiro atoms. The van der Waals surface area contributed by atoms with Gasteiger partial charge in [0.15, 0.2) is 5.82 Å². The number of hydrogen-bond donors (Lipinski definition) is 2. The molecule has 7 nitrogen and oxygen atoms in total. The molecule has 1 aromatic heterocycles. The van der Waals surface area contributed by atoms with E-state index in [1.54, 1.807) is 7.11 Å². The summed E-state index contributed by atoms with van der Waals surface area (Å²) in [5.74, 6) is 0.993. The van der Waals surface area contributed by atoms with E-state index in [0.29, 0.717) is 30.6 Å². The maximum Gasteiger partial charge on any atom is 0.242 e. The van der Waals surface area contributed by atoms with Gasteiger partial charge in [-0.05, 0) is 12.8 Å². The van der Waals surface area contributed by atoms with E-state index >= 15 is 0 Å². The summed E-state index contributed by atoms with van der Waals surface area (Å²) in [5, 5.41) is 3.15. The maximum absolute atomic E-state index is 5.84. The summed E-state index contributed by atoms with van der Waals surface area (Å²) >= 11 is 0. The van der Waals surface area contributed by atoms with Crippen molar-refractivity contribution in [3.05, 3.63) is 6.33 Å². The Morgan fingerprint density at radius 3 is 2.74 bits per heavy atom. The summed E-state index contributed by atoms with van der Waals surface area (Å²) in [5.41, 5.74) is 6.27. The Morgan fingerprint density at radius 2 is 2.00 bits per heavy atom. The summed E-state index contributed by atoms with van der Waals surface area (Å²) in [4.78, 5) is 7.98. The second kappa shape index (κ2) is 9.35. The number of nitrogens with zero attached hydrogens (tertiary/aromatic N) is 2. The molecule has 0 aliphatic heterocycles. The van der Waals surface area contributed by atoms with Crippen LogP contribution in [0.3, 0.4) is 0 Å². The van der Waals surface area contributed by atoms with E-state index < -0.39 is 0 Å². The number of hydrogen-bond acceptors (Lipinski definition) is 7. The molecular weight excluding hydrogens is 248 g/mol. The van der Waals surface area contributed by atoms with Crippen LogP contribution in [0.1, 0.15) is 12.8 Å². The van der Waals surface area contributed by atoms with Crippen LogP contribution in [0.15, 0.2) is 6.33 Å². The topological polar surface area (TPSA) is 91.5 Å². The molecule has 0 amide bonds. The molecule has 0 aromatic carbocycles. The number of nitrogen functional groups attached to an aromatic ring is 1. The van der Waals surface area contributed by atoms with Crippen LogP contribution >= 0.6 is 0 Å². The van der Waals surface area contributed by atoms with Gasteiger partial charge >= 0.3 is 0 Å². The highest BCUT2D eigenvalue weighted by Gasteiger charge is 2.06. The third-order valence-electron chi connectivity index (χ3n) is 2.48. The standard InChI is InChI=1S/C12H22N4O3/c1-17-7-8-19-6-4-3-5-14-11-10(13)12(18-2)16-9-15-11/h9H,3-8,13H2,1-2H3,(H,14,15,16). The molecule has 0 unspecified atom stereocenters. The third-order valence-corrected chi connectivity index (χ3v) is 2.48. The Kier molecular flexibility index (Phi) is 7.60. The van der Waals surface area contributed by atoms with E-state index in [1.165, 1.54) is 13.4 Å². The van der Waals surface area contributed by atoms with Crippen LogP contribution < -0.4 is 15.8 Å². The molecule has 0 aliphatic rings. The van der Waals surface area contributed by atoms with Crippen LogP contribution in [-0.2, 0) is 9.47 Å². The van der Waals surface area contributed by atoms with Crippen molar-refractivity contribution in [2.75, 3.05) is 51.6 Å². The van der Waals surface area contributed by atoms with Crippen molar-refractivity contribution >= 4 is 11.5 Å². The van der Waals surface area contributed by atoms with Crippen LogP contribution in [0.25, 0.3) is 0 Å². The fraction of sp³-hybridized carbons (Fsp3) is 0.667. The zero-order valence-electron chi connectivity index (χ0n) is 11.5. The molecule has 108 valence electrons. The molecule has 1 aromatic rings. The number of aromatic nitrogens is 2. The predicted octanol–water partition coefficient (Wildman–Crippen LogP) is 0.922. The van der Waals surface area contributed by atoms with Gasteiger partial charge in [0.2, 0.25) is 5.88 Å². The van der Waals surface area contributed by atoms with E-state index in [9.17, 15) is 0 Å². The Bertz CT molecular complexity index is 363. The number of ether oxygens (including phenoxy) is 3. The average molecular weight is 270 g/mol. The van der Waals surface area contributed by atoms with Crippen molar-refractivity contribution in [2.24, 2.45) is 0 Å². The maximum atomic E-state index is 5.84. The minimum Gasteiger partial charge on any atom is -0.479 e. The number of anilines is 2. The zero-order valence-corrected chi connectivity index (χ0v) is 11.5. The van der Waals surface area contributed by atoms with Gasteiger partial charge in [-0.2, -0.15) is 4.98 Å². The molecule has 0 fully saturated rings. The van der Waals surface area contributed by atoms with Crippen LogP contribution in [0.2, 0.25) is 0 Å². The Morgan fingerprint density at radius 1 is 1.16 bits per heavy atom. The fourth-order valence-electron chi connectivity index (χ4n) is 1.46. The summed E-state index contributed by atoms with van der Waals surface area (Å²) < 4.78 is 15.3. The lowest BCUT2D eigenvalue weighted by Gasteiger charge is -2.10. The van der Waals surface area contributed by atoms with Crippen molar-refractivity contribution < 1.29 is 14.2 Å². The Labute approximate surface area is 113 Å². The smallest absolute Gasteiger partial charge is 0.242 e. The highest BCUT2D eigenvalue weighted by Crippen LogP contribution is 2.23. The molecular formula is C12H22N4O3. The molecule has 0 bridgehead atoms. The molecule has 0 atom stereocenters. The first-order valence-corrected chi connectivity index (χ1v) is 6.24. The van der Waals surface area contributed by atoms with Crippen molar-refractivity contribution in [1.82, 2.24) is 9.97 Å². The molecule has 0 radical (unpaired) electrons. The van der Waals surface area contributed by atoms with Gasteiger partial charge < -0.3 is 25.3 Å². The van der Waals surface area contributed by atoms with Gasteiger partial charge in [0.05, 0.1) is 20.3 Å². The van der Waals surface area contributed by atoms with E-state index in [-0.39, 0.29) is 0 Å². The third kappa shape index (κ3) is 5.71. The van der Waals surface area contributed by atoms with Crippen molar-refractivity contribution in [1.29, 1.82) is 0 Å².